The Bertz CT molecular complexity index is 626. The van der Waals surface area contributed by atoms with Gasteiger partial charge in [0.25, 0.3) is 5.56 Å². The lowest BCUT2D eigenvalue weighted by atomic mass is 10.1. The van der Waals surface area contributed by atoms with Gasteiger partial charge in [0.05, 0.1) is 10.9 Å². The van der Waals surface area contributed by atoms with Crippen molar-refractivity contribution in [3.05, 3.63) is 39.4 Å². The van der Waals surface area contributed by atoms with Crippen LogP contribution in [0.15, 0.2) is 16.9 Å². The molecule has 0 saturated heterocycles. The normalized spacial score (nSPS) is 11.1. The summed E-state index contributed by atoms with van der Waals surface area (Å²) in [4.78, 5) is 16.9. The fourth-order valence-electron chi connectivity index (χ4n) is 2.22. The molecular weight excluding hydrogens is 212 g/mol. The fourth-order valence-corrected chi connectivity index (χ4v) is 2.22. The molecule has 0 unspecified atom stereocenters. The van der Waals surface area contributed by atoms with Gasteiger partial charge in [-0.3, -0.25) is 9.36 Å². The van der Waals surface area contributed by atoms with Gasteiger partial charge in [0.1, 0.15) is 5.82 Å². The Morgan fingerprint density at radius 1 is 1.29 bits per heavy atom. The van der Waals surface area contributed by atoms with E-state index in [-0.39, 0.29) is 5.56 Å². The van der Waals surface area contributed by atoms with Gasteiger partial charge in [-0.1, -0.05) is 13.0 Å². The molecule has 0 radical (unpaired) electrons. The first-order valence-corrected chi connectivity index (χ1v) is 6.01. The van der Waals surface area contributed by atoms with Crippen LogP contribution in [0.25, 0.3) is 10.9 Å². The molecule has 0 bridgehead atoms. The van der Waals surface area contributed by atoms with Crippen LogP contribution in [0.1, 0.15) is 30.3 Å². The van der Waals surface area contributed by atoms with E-state index in [0.717, 1.165) is 40.7 Å². The van der Waals surface area contributed by atoms with Gasteiger partial charge in [0.2, 0.25) is 0 Å². The van der Waals surface area contributed by atoms with Crippen LogP contribution in [0.3, 0.4) is 0 Å². The van der Waals surface area contributed by atoms with Crippen LogP contribution >= 0.6 is 0 Å². The highest BCUT2D eigenvalue weighted by atomic mass is 16.1. The van der Waals surface area contributed by atoms with Gasteiger partial charge in [0, 0.05) is 13.5 Å². The zero-order valence-electron chi connectivity index (χ0n) is 10.9. The topological polar surface area (TPSA) is 34.9 Å². The summed E-state index contributed by atoms with van der Waals surface area (Å²) in [6.07, 6.45) is 1.84. The highest BCUT2D eigenvalue weighted by molar-refractivity contribution is 5.81. The van der Waals surface area contributed by atoms with Crippen molar-refractivity contribution in [1.29, 1.82) is 0 Å². The van der Waals surface area contributed by atoms with Crippen molar-refractivity contribution in [3.63, 3.8) is 0 Å². The quantitative estimate of drug-likeness (QED) is 0.794. The highest BCUT2D eigenvalue weighted by Gasteiger charge is 2.09. The van der Waals surface area contributed by atoms with Crippen molar-refractivity contribution in [1.82, 2.24) is 9.55 Å². The highest BCUT2D eigenvalue weighted by Crippen LogP contribution is 2.16. The summed E-state index contributed by atoms with van der Waals surface area (Å²) in [6.45, 7) is 6.11. The molecule has 1 heterocycles. The summed E-state index contributed by atoms with van der Waals surface area (Å²) in [5.74, 6) is 0.872. The number of aryl methyl sites for hydroxylation is 3. The Labute approximate surface area is 101 Å². The van der Waals surface area contributed by atoms with E-state index in [1.807, 2.05) is 19.9 Å². The van der Waals surface area contributed by atoms with Crippen molar-refractivity contribution < 1.29 is 0 Å². The molecule has 0 N–H and O–H groups in total. The SMILES string of the molecule is CCCc1nc2c(C)cc(C)cc2c(=O)n1C. The van der Waals surface area contributed by atoms with Crippen LogP contribution in [0.5, 0.6) is 0 Å². The second-order valence-corrected chi connectivity index (χ2v) is 4.62. The maximum Gasteiger partial charge on any atom is 0.261 e. The molecule has 0 spiro atoms. The molecule has 0 aliphatic heterocycles. The lowest BCUT2D eigenvalue weighted by molar-refractivity contribution is 0.716. The van der Waals surface area contributed by atoms with E-state index < -0.39 is 0 Å². The summed E-state index contributed by atoms with van der Waals surface area (Å²) in [7, 11) is 1.80. The lowest BCUT2D eigenvalue weighted by Gasteiger charge is -2.10. The summed E-state index contributed by atoms with van der Waals surface area (Å²) < 4.78 is 1.67. The Morgan fingerprint density at radius 2 is 2.00 bits per heavy atom. The van der Waals surface area contributed by atoms with Gasteiger partial charge in [-0.2, -0.15) is 0 Å². The first-order chi connectivity index (χ1) is 8.04. The molecule has 3 heteroatoms. The molecule has 0 aliphatic rings. The predicted octanol–water partition coefficient (Wildman–Crippen LogP) is 2.50. The van der Waals surface area contributed by atoms with Crippen LogP contribution in [0.2, 0.25) is 0 Å². The van der Waals surface area contributed by atoms with Crippen molar-refractivity contribution in [2.24, 2.45) is 7.05 Å². The minimum atomic E-state index is 0.0604. The first kappa shape index (κ1) is 11.8. The Kier molecular flexibility index (Phi) is 3.01. The third-order valence-electron chi connectivity index (χ3n) is 3.08. The molecule has 2 aromatic rings. The summed E-state index contributed by atoms with van der Waals surface area (Å²) in [5.41, 5.74) is 3.10. The molecule has 0 atom stereocenters. The molecule has 0 amide bonds. The number of fused-ring (bicyclic) bond motifs is 1. The standard InChI is InChI=1S/C14H18N2O/c1-5-6-12-15-13-10(3)7-9(2)8-11(13)14(17)16(12)4/h7-8H,5-6H2,1-4H3. The molecule has 90 valence electrons. The van der Waals surface area contributed by atoms with Crippen LogP contribution in [0, 0.1) is 13.8 Å². The van der Waals surface area contributed by atoms with Crippen LogP contribution in [-0.2, 0) is 13.5 Å². The average molecular weight is 230 g/mol. The Hall–Kier alpha value is -1.64. The number of hydrogen-bond acceptors (Lipinski definition) is 2. The van der Waals surface area contributed by atoms with Gasteiger partial charge in [-0.15, -0.1) is 0 Å². The van der Waals surface area contributed by atoms with E-state index in [2.05, 4.69) is 18.0 Å². The summed E-state index contributed by atoms with van der Waals surface area (Å²) in [5, 5.41) is 0.727. The first-order valence-electron chi connectivity index (χ1n) is 6.01. The average Bonchev–Trinajstić information content (AvgIpc) is 2.27. The second-order valence-electron chi connectivity index (χ2n) is 4.62. The predicted molar refractivity (Wildman–Crippen MR) is 70.5 cm³/mol. The minimum absolute atomic E-state index is 0.0604. The van der Waals surface area contributed by atoms with Gasteiger partial charge in [-0.25, -0.2) is 4.98 Å². The molecule has 1 aromatic heterocycles. The smallest absolute Gasteiger partial charge is 0.261 e. The van der Waals surface area contributed by atoms with E-state index in [4.69, 9.17) is 0 Å². The maximum absolute atomic E-state index is 12.3. The van der Waals surface area contributed by atoms with Gasteiger partial charge in [0.15, 0.2) is 0 Å². The monoisotopic (exact) mass is 230 g/mol. The maximum atomic E-state index is 12.3. The van der Waals surface area contributed by atoms with Crippen molar-refractivity contribution in [2.45, 2.75) is 33.6 Å². The number of aromatic nitrogens is 2. The molecule has 17 heavy (non-hydrogen) atoms. The summed E-state index contributed by atoms with van der Waals surface area (Å²) in [6, 6.07) is 4.00. The van der Waals surface area contributed by atoms with Gasteiger partial charge >= 0.3 is 0 Å². The molecule has 3 nitrogen and oxygen atoms in total. The molecule has 2 rings (SSSR count). The Balaban J connectivity index is 2.86. The van der Waals surface area contributed by atoms with E-state index >= 15 is 0 Å². The van der Waals surface area contributed by atoms with E-state index in [1.54, 1.807) is 11.6 Å². The lowest BCUT2D eigenvalue weighted by Crippen LogP contribution is -2.22. The molecule has 0 aliphatic carbocycles. The van der Waals surface area contributed by atoms with Crippen LogP contribution in [-0.4, -0.2) is 9.55 Å². The fraction of sp³-hybridized carbons (Fsp3) is 0.429. The third-order valence-corrected chi connectivity index (χ3v) is 3.08. The minimum Gasteiger partial charge on any atom is -0.299 e. The van der Waals surface area contributed by atoms with E-state index in [9.17, 15) is 4.79 Å². The van der Waals surface area contributed by atoms with E-state index in [0.29, 0.717) is 0 Å². The van der Waals surface area contributed by atoms with Crippen LogP contribution in [0.4, 0.5) is 0 Å². The number of benzene rings is 1. The Morgan fingerprint density at radius 3 is 2.65 bits per heavy atom. The van der Waals surface area contributed by atoms with Crippen molar-refractivity contribution in [3.8, 4) is 0 Å². The largest absolute Gasteiger partial charge is 0.299 e. The van der Waals surface area contributed by atoms with Gasteiger partial charge < -0.3 is 0 Å². The summed E-state index contributed by atoms with van der Waals surface area (Å²) >= 11 is 0. The number of nitrogens with zero attached hydrogens (tertiary/aromatic N) is 2. The van der Waals surface area contributed by atoms with Crippen molar-refractivity contribution in [2.75, 3.05) is 0 Å². The second kappa shape index (κ2) is 4.32. The number of rotatable bonds is 2. The zero-order chi connectivity index (χ0) is 12.6. The zero-order valence-corrected chi connectivity index (χ0v) is 10.9. The molecule has 1 aromatic carbocycles. The van der Waals surface area contributed by atoms with Gasteiger partial charge in [-0.05, 0) is 37.5 Å². The third kappa shape index (κ3) is 1.97. The van der Waals surface area contributed by atoms with Crippen LogP contribution < -0.4 is 5.56 Å². The number of hydrogen-bond donors (Lipinski definition) is 0. The van der Waals surface area contributed by atoms with Crippen molar-refractivity contribution >= 4 is 10.9 Å². The van der Waals surface area contributed by atoms with E-state index in [1.165, 1.54) is 0 Å². The molecular formula is C14H18N2O. The molecule has 0 saturated carbocycles. The molecule has 0 fully saturated rings.